The molecule has 3 heterocycles. The first-order chi connectivity index (χ1) is 19.3. The Labute approximate surface area is 232 Å². The minimum atomic E-state index is -1.70. The lowest BCUT2D eigenvalue weighted by Gasteiger charge is -2.34. The predicted molar refractivity (Wildman–Crippen MR) is 148 cm³/mol. The normalized spacial score (nSPS) is 26.9. The maximum absolute atomic E-state index is 14.3. The number of benzene rings is 2. The molecule has 0 bridgehead atoms. The summed E-state index contributed by atoms with van der Waals surface area (Å²) in [6.07, 6.45) is 6.32. The van der Waals surface area contributed by atoms with Crippen molar-refractivity contribution in [1.82, 2.24) is 15.2 Å². The number of H-pyrrole nitrogens is 1. The Morgan fingerprint density at radius 2 is 1.80 bits per heavy atom. The van der Waals surface area contributed by atoms with E-state index in [1.807, 2.05) is 37.3 Å². The lowest BCUT2D eigenvalue weighted by atomic mass is 9.76. The van der Waals surface area contributed by atoms with Crippen LogP contribution in [0.1, 0.15) is 54.8 Å². The number of nitrogens with one attached hydrogen (secondary N) is 2. The average Bonchev–Trinajstić information content (AvgIpc) is 3.61. The van der Waals surface area contributed by atoms with Crippen LogP contribution < -0.4 is 14.8 Å². The Morgan fingerprint density at radius 3 is 2.50 bits per heavy atom. The number of methoxy groups -OCH3 is 2. The molecule has 3 N–H and O–H groups in total. The molecule has 1 aromatic heterocycles. The fourth-order valence-electron chi connectivity index (χ4n) is 7.44. The van der Waals surface area contributed by atoms with E-state index in [1.165, 1.54) is 4.90 Å². The van der Waals surface area contributed by atoms with E-state index in [4.69, 9.17) is 9.47 Å². The van der Waals surface area contributed by atoms with Crippen molar-refractivity contribution in [3.8, 4) is 11.5 Å². The minimum absolute atomic E-state index is 0.0407. The monoisotopic (exact) mass is 545 g/mol. The van der Waals surface area contributed by atoms with Crippen LogP contribution in [0.15, 0.2) is 42.6 Å². The second-order valence-corrected chi connectivity index (χ2v) is 11.3. The van der Waals surface area contributed by atoms with E-state index in [9.17, 15) is 19.5 Å². The number of rotatable bonds is 7. The zero-order valence-corrected chi connectivity index (χ0v) is 23.0. The van der Waals surface area contributed by atoms with Gasteiger partial charge in [-0.15, -0.1) is 0 Å². The highest BCUT2D eigenvalue weighted by Gasteiger charge is 2.69. The van der Waals surface area contributed by atoms with E-state index in [0.29, 0.717) is 17.1 Å². The van der Waals surface area contributed by atoms with Crippen molar-refractivity contribution < 1.29 is 29.0 Å². The molecular formula is C31H35N3O6. The molecule has 4 atom stereocenters. The smallest absolute Gasteiger partial charge is 0.325 e. The van der Waals surface area contributed by atoms with E-state index in [2.05, 4.69) is 10.3 Å². The van der Waals surface area contributed by atoms with Crippen LogP contribution in [0.3, 0.4) is 0 Å². The third-order valence-electron chi connectivity index (χ3n) is 9.30. The van der Waals surface area contributed by atoms with Gasteiger partial charge in [-0.3, -0.25) is 24.6 Å². The molecule has 9 heteroatoms. The summed E-state index contributed by atoms with van der Waals surface area (Å²) in [5.41, 5.74) is 1.35. The molecular weight excluding hydrogens is 510 g/mol. The molecule has 1 aliphatic carbocycles. The fourth-order valence-corrected chi connectivity index (χ4v) is 7.44. The number of hydrogen-bond donors (Lipinski definition) is 3. The number of carbonyl (C=O) groups excluding carboxylic acids is 2. The zero-order valence-electron chi connectivity index (χ0n) is 23.0. The second kappa shape index (κ2) is 9.96. The molecule has 3 fully saturated rings. The molecule has 1 saturated carbocycles. The maximum atomic E-state index is 14.3. The largest absolute Gasteiger partial charge is 0.496 e. The molecule has 0 spiro atoms. The molecule has 6 rings (SSSR count). The van der Waals surface area contributed by atoms with Crippen LogP contribution in [-0.2, 0) is 20.8 Å². The van der Waals surface area contributed by atoms with Crippen LogP contribution in [0, 0.1) is 18.8 Å². The third-order valence-corrected chi connectivity index (χ3v) is 9.30. The number of carboxylic acid groups (broad SMARTS) is 1. The maximum Gasteiger partial charge on any atom is 0.325 e. The SMILES string of the molecule is COc1ccc(C2NC(Cc3c[nH]c4ccccc34)(C(=O)O)C3C(=O)N(C4CCCCC4)C(=O)C23)c(OC)c1C. The van der Waals surface area contributed by atoms with Gasteiger partial charge in [0.2, 0.25) is 11.8 Å². The second-order valence-electron chi connectivity index (χ2n) is 11.3. The molecule has 9 nitrogen and oxygen atoms in total. The number of imide groups is 1. The zero-order chi connectivity index (χ0) is 28.2. The molecule has 2 aliphatic heterocycles. The molecule has 3 aliphatic rings. The number of para-hydroxylation sites is 1. The Hall–Kier alpha value is -3.85. The number of fused-ring (bicyclic) bond motifs is 2. The lowest BCUT2D eigenvalue weighted by molar-refractivity contribution is -0.152. The summed E-state index contributed by atoms with van der Waals surface area (Å²) in [5, 5.41) is 15.1. The van der Waals surface area contributed by atoms with Crippen LogP contribution in [0.4, 0.5) is 0 Å². The number of carboxylic acids is 1. The van der Waals surface area contributed by atoms with Crippen molar-refractivity contribution in [2.75, 3.05) is 14.2 Å². The van der Waals surface area contributed by atoms with Crippen LogP contribution in [0.5, 0.6) is 11.5 Å². The van der Waals surface area contributed by atoms with E-state index < -0.39 is 29.4 Å². The van der Waals surface area contributed by atoms with Gasteiger partial charge in [0.25, 0.3) is 0 Å². The van der Waals surface area contributed by atoms with Crippen LogP contribution in [0.25, 0.3) is 10.9 Å². The molecule has 3 aromatic rings. The molecule has 2 aromatic carbocycles. The number of hydrogen-bond acceptors (Lipinski definition) is 6. The Kier molecular flexibility index (Phi) is 6.57. The van der Waals surface area contributed by atoms with Gasteiger partial charge in [-0.2, -0.15) is 0 Å². The number of aromatic amines is 1. The Morgan fingerprint density at radius 1 is 1.05 bits per heavy atom. The lowest BCUT2D eigenvalue weighted by Crippen LogP contribution is -2.58. The molecule has 40 heavy (non-hydrogen) atoms. The first-order valence-electron chi connectivity index (χ1n) is 14.0. The van der Waals surface area contributed by atoms with Gasteiger partial charge >= 0.3 is 5.97 Å². The van der Waals surface area contributed by atoms with Gasteiger partial charge in [-0.1, -0.05) is 43.5 Å². The fraction of sp³-hybridized carbons (Fsp3) is 0.452. The van der Waals surface area contributed by atoms with Gasteiger partial charge in [0.15, 0.2) is 0 Å². The van der Waals surface area contributed by atoms with Crippen molar-refractivity contribution in [3.05, 3.63) is 59.3 Å². The van der Waals surface area contributed by atoms with Crippen molar-refractivity contribution in [2.24, 2.45) is 11.8 Å². The van der Waals surface area contributed by atoms with E-state index >= 15 is 0 Å². The third kappa shape index (κ3) is 3.82. The topological polar surface area (TPSA) is 121 Å². The molecule has 4 unspecified atom stereocenters. The summed E-state index contributed by atoms with van der Waals surface area (Å²) < 4.78 is 11.3. The summed E-state index contributed by atoms with van der Waals surface area (Å²) >= 11 is 0. The number of ether oxygens (including phenoxy) is 2. The molecule has 210 valence electrons. The number of amides is 2. The Bertz CT molecular complexity index is 1490. The standard InChI is InChI=1S/C31H35N3O6/c1-17-23(39-2)14-13-21(27(17)40-3)26-24-25(29(36)34(28(24)35)19-9-5-4-6-10-19)31(33-26,30(37)38)15-18-16-32-22-12-8-7-11-20(18)22/h7-8,11-14,16,19,24-26,32-33H,4-6,9-10,15H2,1-3H3,(H,37,38). The molecule has 2 saturated heterocycles. The number of likely N-dealkylation sites (tertiary alicyclic amines) is 1. The first kappa shape index (κ1) is 26.4. The highest BCUT2D eigenvalue weighted by Crippen LogP contribution is 2.53. The van der Waals surface area contributed by atoms with E-state index in [0.717, 1.165) is 54.1 Å². The summed E-state index contributed by atoms with van der Waals surface area (Å²) in [5.74, 6) is -2.63. The van der Waals surface area contributed by atoms with Crippen molar-refractivity contribution in [2.45, 2.75) is 63.1 Å². The summed E-state index contributed by atoms with van der Waals surface area (Å²) in [6, 6.07) is 10.4. The Balaban J connectivity index is 1.51. The molecule has 2 amide bonds. The summed E-state index contributed by atoms with van der Waals surface area (Å²) in [4.78, 5) is 46.5. The minimum Gasteiger partial charge on any atom is -0.496 e. The molecule has 0 radical (unpaired) electrons. The number of aromatic nitrogens is 1. The highest BCUT2D eigenvalue weighted by atomic mass is 16.5. The predicted octanol–water partition coefficient (Wildman–Crippen LogP) is 4.14. The van der Waals surface area contributed by atoms with Gasteiger partial charge in [-0.25, -0.2) is 0 Å². The quantitative estimate of drug-likeness (QED) is 0.382. The highest BCUT2D eigenvalue weighted by molar-refractivity contribution is 6.10. The number of aliphatic carboxylic acids is 1. The summed E-state index contributed by atoms with van der Waals surface area (Å²) in [7, 11) is 3.12. The van der Waals surface area contributed by atoms with Gasteiger partial charge < -0.3 is 19.6 Å². The van der Waals surface area contributed by atoms with Crippen molar-refractivity contribution in [1.29, 1.82) is 0 Å². The van der Waals surface area contributed by atoms with Crippen LogP contribution >= 0.6 is 0 Å². The number of carbonyl (C=O) groups is 3. The van der Waals surface area contributed by atoms with Crippen molar-refractivity contribution >= 4 is 28.7 Å². The van der Waals surface area contributed by atoms with Gasteiger partial charge in [0.1, 0.15) is 17.0 Å². The van der Waals surface area contributed by atoms with Gasteiger partial charge in [0, 0.05) is 46.7 Å². The first-order valence-corrected chi connectivity index (χ1v) is 14.0. The average molecular weight is 546 g/mol. The van der Waals surface area contributed by atoms with Crippen molar-refractivity contribution in [3.63, 3.8) is 0 Å². The van der Waals surface area contributed by atoms with Crippen LogP contribution in [0.2, 0.25) is 0 Å². The van der Waals surface area contributed by atoms with Gasteiger partial charge in [0.05, 0.1) is 26.1 Å². The van der Waals surface area contributed by atoms with Gasteiger partial charge in [-0.05, 0) is 37.5 Å². The van der Waals surface area contributed by atoms with E-state index in [-0.39, 0.29) is 24.3 Å². The van der Waals surface area contributed by atoms with Crippen LogP contribution in [-0.4, -0.2) is 58.6 Å². The number of nitrogens with zero attached hydrogens (tertiary/aromatic N) is 1. The van der Waals surface area contributed by atoms with E-state index in [1.54, 1.807) is 26.5 Å². The summed E-state index contributed by atoms with van der Waals surface area (Å²) in [6.45, 7) is 1.86.